The molecule has 1 N–H and O–H groups in total. The van der Waals surface area contributed by atoms with E-state index in [9.17, 15) is 4.79 Å². The Morgan fingerprint density at radius 3 is 2.88 bits per heavy atom. The van der Waals surface area contributed by atoms with Crippen LogP contribution in [0.2, 0.25) is 5.02 Å². The zero-order chi connectivity index (χ0) is 11.9. The van der Waals surface area contributed by atoms with Crippen molar-refractivity contribution in [3.05, 3.63) is 34.5 Å². The third kappa shape index (κ3) is 1.34. The summed E-state index contributed by atoms with van der Waals surface area (Å²) in [5, 5.41) is 18.8. The Kier molecular flexibility index (Phi) is 2.33. The van der Waals surface area contributed by atoms with Gasteiger partial charge in [0.1, 0.15) is 6.07 Å². The van der Waals surface area contributed by atoms with Gasteiger partial charge in [0, 0.05) is 18.6 Å². The minimum absolute atomic E-state index is 0.0865. The average Bonchev–Trinajstić information content (AvgIpc) is 2.62. The van der Waals surface area contributed by atoms with Gasteiger partial charge >= 0.3 is 5.97 Å². The van der Waals surface area contributed by atoms with E-state index in [1.165, 1.54) is 6.07 Å². The zero-order valence-corrected chi connectivity index (χ0v) is 9.12. The van der Waals surface area contributed by atoms with E-state index in [1.54, 1.807) is 23.9 Å². The van der Waals surface area contributed by atoms with Crippen molar-refractivity contribution < 1.29 is 9.90 Å². The van der Waals surface area contributed by atoms with Crippen LogP contribution in [0.1, 0.15) is 15.9 Å². The number of carbonyl (C=O) groups is 1. The molecule has 0 saturated heterocycles. The maximum Gasteiger partial charge on any atom is 0.337 e. The topological polar surface area (TPSA) is 66.0 Å². The Hall–Kier alpha value is -1.99. The first-order valence-corrected chi connectivity index (χ1v) is 4.85. The second kappa shape index (κ2) is 3.54. The average molecular weight is 235 g/mol. The number of aromatic carboxylic acids is 1. The smallest absolute Gasteiger partial charge is 0.337 e. The highest BCUT2D eigenvalue weighted by atomic mass is 35.5. The molecule has 0 bridgehead atoms. The summed E-state index contributed by atoms with van der Waals surface area (Å²) < 4.78 is 1.67. The molecule has 80 valence electrons. The number of nitriles is 1. The van der Waals surface area contributed by atoms with Crippen molar-refractivity contribution in [2.45, 2.75) is 0 Å². The maximum absolute atomic E-state index is 11.1. The van der Waals surface area contributed by atoms with Crippen LogP contribution < -0.4 is 0 Å². The fraction of sp³-hybridized carbons (Fsp3) is 0.0909. The number of nitrogens with zero attached hydrogens (tertiary/aromatic N) is 2. The van der Waals surface area contributed by atoms with Gasteiger partial charge in [-0.3, -0.25) is 0 Å². The van der Waals surface area contributed by atoms with Crippen molar-refractivity contribution in [2.24, 2.45) is 7.05 Å². The number of carboxylic acids is 1. The van der Waals surface area contributed by atoms with Gasteiger partial charge in [0.2, 0.25) is 0 Å². The maximum atomic E-state index is 11.1. The van der Waals surface area contributed by atoms with Gasteiger partial charge in [-0.25, -0.2) is 4.79 Å². The highest BCUT2D eigenvalue weighted by molar-refractivity contribution is 6.37. The fourth-order valence-electron chi connectivity index (χ4n) is 1.71. The van der Waals surface area contributed by atoms with Crippen molar-refractivity contribution in [1.82, 2.24) is 4.57 Å². The molecule has 0 atom stereocenters. The summed E-state index contributed by atoms with van der Waals surface area (Å²) in [5.41, 5.74) is 0.790. The van der Waals surface area contributed by atoms with Crippen molar-refractivity contribution >= 4 is 28.5 Å². The lowest BCUT2D eigenvalue weighted by atomic mass is 10.1. The lowest BCUT2D eigenvalue weighted by Gasteiger charge is -2.04. The van der Waals surface area contributed by atoms with E-state index in [2.05, 4.69) is 0 Å². The molecule has 16 heavy (non-hydrogen) atoms. The first kappa shape index (κ1) is 10.5. The normalized spacial score (nSPS) is 10.3. The molecule has 0 aliphatic rings. The molecule has 1 heterocycles. The number of fused-ring (bicyclic) bond motifs is 1. The minimum Gasteiger partial charge on any atom is -0.478 e. The first-order chi connectivity index (χ1) is 7.56. The van der Waals surface area contributed by atoms with E-state index in [-0.39, 0.29) is 11.1 Å². The van der Waals surface area contributed by atoms with Crippen LogP contribution in [0.3, 0.4) is 0 Å². The second-order valence-corrected chi connectivity index (χ2v) is 3.77. The molecule has 0 spiro atoms. The Morgan fingerprint density at radius 2 is 2.31 bits per heavy atom. The fourth-order valence-corrected chi connectivity index (χ4v) is 1.96. The number of halogens is 1. The van der Waals surface area contributed by atoms with Crippen LogP contribution in [-0.4, -0.2) is 15.6 Å². The van der Waals surface area contributed by atoms with E-state index in [4.69, 9.17) is 22.0 Å². The van der Waals surface area contributed by atoms with E-state index in [0.717, 1.165) is 0 Å². The largest absolute Gasteiger partial charge is 0.478 e. The van der Waals surface area contributed by atoms with Crippen molar-refractivity contribution in [2.75, 3.05) is 0 Å². The molecule has 2 rings (SSSR count). The molecule has 1 aromatic carbocycles. The van der Waals surface area contributed by atoms with E-state index in [0.29, 0.717) is 15.9 Å². The van der Waals surface area contributed by atoms with Crippen molar-refractivity contribution in [3.63, 3.8) is 0 Å². The van der Waals surface area contributed by atoms with Crippen molar-refractivity contribution in [1.29, 1.82) is 5.26 Å². The summed E-state index contributed by atoms with van der Waals surface area (Å²) in [6.45, 7) is 0. The highest BCUT2D eigenvalue weighted by Crippen LogP contribution is 2.30. The monoisotopic (exact) mass is 234 g/mol. The number of hydrogen-bond donors (Lipinski definition) is 1. The van der Waals surface area contributed by atoms with Gasteiger partial charge in [-0.15, -0.1) is 0 Å². The number of benzene rings is 1. The van der Waals surface area contributed by atoms with Crippen molar-refractivity contribution in [3.8, 4) is 6.07 Å². The molecule has 0 radical (unpaired) electrons. The lowest BCUT2D eigenvalue weighted by Crippen LogP contribution is -2.01. The van der Waals surface area contributed by atoms with Gasteiger partial charge in [-0.1, -0.05) is 11.6 Å². The van der Waals surface area contributed by atoms with Crippen LogP contribution in [-0.2, 0) is 7.05 Å². The Bertz CT molecular complexity index is 637. The van der Waals surface area contributed by atoms with Gasteiger partial charge < -0.3 is 9.67 Å². The van der Waals surface area contributed by atoms with Crippen LogP contribution in [0.4, 0.5) is 0 Å². The molecule has 2 aromatic rings. The second-order valence-electron chi connectivity index (χ2n) is 3.39. The highest BCUT2D eigenvalue weighted by Gasteiger charge is 2.17. The Morgan fingerprint density at radius 1 is 1.62 bits per heavy atom. The molecule has 0 fully saturated rings. The summed E-state index contributed by atoms with van der Waals surface area (Å²) in [4.78, 5) is 11.1. The summed E-state index contributed by atoms with van der Waals surface area (Å²) >= 11 is 6.00. The Balaban J connectivity index is 3.00. The van der Waals surface area contributed by atoms with Gasteiger partial charge in [0.15, 0.2) is 0 Å². The number of hydrogen-bond acceptors (Lipinski definition) is 2. The summed E-state index contributed by atoms with van der Waals surface area (Å²) in [6.07, 6.45) is 1.71. The first-order valence-electron chi connectivity index (χ1n) is 4.47. The van der Waals surface area contributed by atoms with E-state index >= 15 is 0 Å². The molecule has 0 amide bonds. The predicted molar refractivity (Wildman–Crippen MR) is 59.6 cm³/mol. The van der Waals surface area contributed by atoms with Gasteiger partial charge in [0.05, 0.1) is 21.7 Å². The van der Waals surface area contributed by atoms with Crippen LogP contribution in [0.15, 0.2) is 18.3 Å². The summed E-state index contributed by atoms with van der Waals surface area (Å²) in [7, 11) is 1.73. The molecule has 4 nitrogen and oxygen atoms in total. The standard InChI is InChI=1S/C11H7ClN2O2/c1-14-3-2-7-9(12)6(5-13)4-8(10(7)14)11(15)16/h2-4H,1H3,(H,15,16). The Labute approximate surface area is 96.3 Å². The zero-order valence-electron chi connectivity index (χ0n) is 8.36. The summed E-state index contributed by atoms with van der Waals surface area (Å²) in [6, 6.07) is 4.89. The molecular weight excluding hydrogens is 228 g/mol. The third-order valence-electron chi connectivity index (χ3n) is 2.44. The molecule has 0 saturated carbocycles. The molecule has 0 aliphatic heterocycles. The minimum atomic E-state index is -1.07. The van der Waals surface area contributed by atoms with Gasteiger partial charge in [-0.2, -0.15) is 5.26 Å². The number of aromatic nitrogens is 1. The lowest BCUT2D eigenvalue weighted by molar-refractivity contribution is 0.0698. The molecule has 0 aliphatic carbocycles. The van der Waals surface area contributed by atoms with Crippen LogP contribution in [0.25, 0.3) is 10.9 Å². The molecular formula is C11H7ClN2O2. The van der Waals surface area contributed by atoms with E-state index < -0.39 is 5.97 Å². The summed E-state index contributed by atoms with van der Waals surface area (Å²) in [5.74, 6) is -1.07. The van der Waals surface area contributed by atoms with E-state index in [1.807, 2.05) is 6.07 Å². The number of carboxylic acid groups (broad SMARTS) is 1. The van der Waals surface area contributed by atoms with Crippen LogP contribution in [0.5, 0.6) is 0 Å². The number of aryl methyl sites for hydroxylation is 1. The third-order valence-corrected chi connectivity index (χ3v) is 2.85. The SMILES string of the molecule is Cn1ccc2c(Cl)c(C#N)cc(C(=O)O)c21. The molecule has 5 heteroatoms. The van der Waals surface area contributed by atoms with Gasteiger partial charge in [-0.05, 0) is 12.1 Å². The number of rotatable bonds is 1. The predicted octanol–water partition coefficient (Wildman–Crippen LogP) is 2.40. The van der Waals surface area contributed by atoms with Gasteiger partial charge in [0.25, 0.3) is 0 Å². The molecule has 1 aromatic heterocycles. The quantitative estimate of drug-likeness (QED) is 0.824. The van der Waals surface area contributed by atoms with Crippen LogP contribution in [0, 0.1) is 11.3 Å². The molecule has 0 unspecified atom stereocenters. The van der Waals surface area contributed by atoms with Crippen LogP contribution >= 0.6 is 11.6 Å².